The third-order valence-electron chi connectivity index (χ3n) is 3.53. The number of likely N-dealkylation sites (tertiary alicyclic amines) is 1. The lowest BCUT2D eigenvalue weighted by molar-refractivity contribution is 0.280. The second-order valence-electron chi connectivity index (χ2n) is 5.62. The zero-order valence-electron chi connectivity index (χ0n) is 12.0. The van der Waals surface area contributed by atoms with Gasteiger partial charge in [0.2, 0.25) is 0 Å². The lowest BCUT2D eigenvalue weighted by atomic mass is 10.1. The summed E-state index contributed by atoms with van der Waals surface area (Å²) in [7, 11) is -2.86. The Morgan fingerprint density at radius 1 is 1.22 bits per heavy atom. The van der Waals surface area contributed by atoms with Gasteiger partial charge in [-0.15, -0.1) is 0 Å². The van der Waals surface area contributed by atoms with Crippen LogP contribution in [-0.2, 0) is 9.84 Å². The topological polar surface area (TPSA) is 49.4 Å². The Kier molecular flexibility index (Phi) is 6.60. The van der Waals surface area contributed by atoms with E-state index < -0.39 is 9.84 Å². The molecule has 0 spiro atoms. The van der Waals surface area contributed by atoms with Crippen LogP contribution in [0.2, 0.25) is 0 Å². The van der Waals surface area contributed by atoms with E-state index in [2.05, 4.69) is 17.1 Å². The fourth-order valence-electron chi connectivity index (χ4n) is 2.43. The van der Waals surface area contributed by atoms with Crippen LogP contribution in [0.1, 0.15) is 33.6 Å². The van der Waals surface area contributed by atoms with Crippen LogP contribution in [0.4, 0.5) is 0 Å². The zero-order valence-corrected chi connectivity index (χ0v) is 12.8. The fourth-order valence-corrected chi connectivity index (χ4v) is 3.55. The van der Waals surface area contributed by atoms with Gasteiger partial charge in [-0.25, -0.2) is 8.42 Å². The molecule has 1 saturated heterocycles. The average molecular weight is 276 g/mol. The highest BCUT2D eigenvalue weighted by atomic mass is 32.2. The maximum Gasteiger partial charge on any atom is 0.151 e. The molecular formula is C13H28N2O2S. The molecule has 0 aromatic carbocycles. The average Bonchev–Trinajstić information content (AvgIpc) is 2.78. The lowest BCUT2D eigenvalue weighted by Gasteiger charge is -2.22. The molecule has 0 aromatic heterocycles. The third-order valence-corrected chi connectivity index (χ3v) is 5.41. The molecule has 0 aliphatic carbocycles. The van der Waals surface area contributed by atoms with E-state index in [9.17, 15) is 8.42 Å². The van der Waals surface area contributed by atoms with Crippen LogP contribution >= 0.6 is 0 Å². The molecular weight excluding hydrogens is 248 g/mol. The van der Waals surface area contributed by atoms with Crippen LogP contribution in [0.5, 0.6) is 0 Å². The van der Waals surface area contributed by atoms with E-state index in [1.54, 1.807) is 6.92 Å². The third kappa shape index (κ3) is 6.16. The predicted molar refractivity (Wildman–Crippen MR) is 76.6 cm³/mol. The Hall–Kier alpha value is -0.130. The first-order chi connectivity index (χ1) is 8.43. The first-order valence-electron chi connectivity index (χ1n) is 7.09. The van der Waals surface area contributed by atoms with Gasteiger partial charge in [0.25, 0.3) is 0 Å². The van der Waals surface area contributed by atoms with Crippen molar-refractivity contribution in [1.82, 2.24) is 10.2 Å². The van der Waals surface area contributed by atoms with E-state index in [4.69, 9.17) is 0 Å². The van der Waals surface area contributed by atoms with Gasteiger partial charge in [0, 0.05) is 18.3 Å². The summed E-state index contributed by atoms with van der Waals surface area (Å²) in [6.07, 6.45) is 2.65. The summed E-state index contributed by atoms with van der Waals surface area (Å²) in [5.41, 5.74) is 0. The molecule has 0 aromatic rings. The Balaban J connectivity index is 2.18. The van der Waals surface area contributed by atoms with Crippen molar-refractivity contribution in [2.45, 2.75) is 39.7 Å². The van der Waals surface area contributed by atoms with Gasteiger partial charge in [-0.2, -0.15) is 0 Å². The summed E-state index contributed by atoms with van der Waals surface area (Å²) in [5, 5.41) is 3.34. The van der Waals surface area contributed by atoms with Crippen LogP contribution in [0.25, 0.3) is 0 Å². The van der Waals surface area contributed by atoms with Gasteiger partial charge in [-0.1, -0.05) is 13.8 Å². The number of nitrogens with one attached hydrogen (secondary N) is 1. The maximum atomic E-state index is 11.5. The SMILES string of the molecule is CCS(=O)(=O)CC(C)NCC(C)CN1CCCC1. The van der Waals surface area contributed by atoms with Crippen LogP contribution in [-0.4, -0.2) is 57.0 Å². The Labute approximate surface area is 112 Å². The van der Waals surface area contributed by atoms with Crippen LogP contribution in [0, 0.1) is 5.92 Å². The van der Waals surface area contributed by atoms with E-state index in [-0.39, 0.29) is 17.5 Å². The van der Waals surface area contributed by atoms with Gasteiger partial charge < -0.3 is 10.2 Å². The van der Waals surface area contributed by atoms with Crippen molar-refractivity contribution in [3.05, 3.63) is 0 Å². The van der Waals surface area contributed by atoms with Crippen molar-refractivity contribution < 1.29 is 8.42 Å². The molecule has 18 heavy (non-hydrogen) atoms. The predicted octanol–water partition coefficient (Wildman–Crippen LogP) is 1.13. The molecule has 5 heteroatoms. The van der Waals surface area contributed by atoms with Gasteiger partial charge in [-0.3, -0.25) is 0 Å². The number of sulfone groups is 1. The molecule has 1 aliphatic rings. The number of hydrogen-bond acceptors (Lipinski definition) is 4. The Bertz CT molecular complexity index is 324. The molecule has 0 bridgehead atoms. The van der Waals surface area contributed by atoms with Crippen molar-refractivity contribution in [2.24, 2.45) is 5.92 Å². The van der Waals surface area contributed by atoms with E-state index in [1.165, 1.54) is 25.9 Å². The highest BCUT2D eigenvalue weighted by Crippen LogP contribution is 2.09. The van der Waals surface area contributed by atoms with Crippen LogP contribution < -0.4 is 5.32 Å². The number of hydrogen-bond donors (Lipinski definition) is 1. The van der Waals surface area contributed by atoms with Gasteiger partial charge in [0.05, 0.1) is 5.75 Å². The monoisotopic (exact) mass is 276 g/mol. The molecule has 0 amide bonds. The molecule has 2 atom stereocenters. The molecule has 1 aliphatic heterocycles. The van der Waals surface area contributed by atoms with Crippen LogP contribution in [0.3, 0.4) is 0 Å². The largest absolute Gasteiger partial charge is 0.313 e. The minimum absolute atomic E-state index is 0.0518. The van der Waals surface area contributed by atoms with Crippen LogP contribution in [0.15, 0.2) is 0 Å². The summed E-state index contributed by atoms with van der Waals surface area (Å²) in [5.74, 6) is 1.07. The number of rotatable bonds is 8. The highest BCUT2D eigenvalue weighted by molar-refractivity contribution is 7.91. The van der Waals surface area contributed by atoms with E-state index in [1.807, 2.05) is 6.92 Å². The maximum absolute atomic E-state index is 11.5. The minimum atomic E-state index is -2.86. The van der Waals surface area contributed by atoms with Crippen molar-refractivity contribution >= 4 is 9.84 Å². The van der Waals surface area contributed by atoms with Crippen molar-refractivity contribution in [3.63, 3.8) is 0 Å². The summed E-state index contributed by atoms with van der Waals surface area (Å²) in [6, 6.07) is 0.0518. The minimum Gasteiger partial charge on any atom is -0.313 e. The van der Waals surface area contributed by atoms with Gasteiger partial charge in [0.1, 0.15) is 0 Å². The summed E-state index contributed by atoms with van der Waals surface area (Å²) in [6.45, 7) is 10.4. The first-order valence-corrected chi connectivity index (χ1v) is 8.91. The van der Waals surface area contributed by atoms with Crippen molar-refractivity contribution in [2.75, 3.05) is 37.7 Å². The second kappa shape index (κ2) is 7.46. The second-order valence-corrected chi connectivity index (χ2v) is 8.02. The zero-order chi connectivity index (χ0) is 13.6. The summed E-state index contributed by atoms with van der Waals surface area (Å²) >= 11 is 0. The molecule has 0 saturated carbocycles. The summed E-state index contributed by atoms with van der Waals surface area (Å²) in [4.78, 5) is 2.50. The van der Waals surface area contributed by atoms with E-state index >= 15 is 0 Å². The molecule has 0 radical (unpaired) electrons. The molecule has 1 heterocycles. The Morgan fingerprint density at radius 3 is 2.39 bits per heavy atom. The molecule has 1 N–H and O–H groups in total. The van der Waals surface area contributed by atoms with Gasteiger partial charge in [0.15, 0.2) is 9.84 Å². The normalized spacial score (nSPS) is 21.1. The highest BCUT2D eigenvalue weighted by Gasteiger charge is 2.17. The first kappa shape index (κ1) is 15.9. The molecule has 108 valence electrons. The molecule has 2 unspecified atom stereocenters. The summed E-state index contributed by atoms with van der Waals surface area (Å²) < 4.78 is 23.0. The fraction of sp³-hybridized carbons (Fsp3) is 1.00. The quantitative estimate of drug-likeness (QED) is 0.722. The van der Waals surface area contributed by atoms with E-state index in [0.29, 0.717) is 5.92 Å². The standard InChI is InChI=1S/C13H28N2O2S/c1-4-18(16,17)11-13(3)14-9-12(2)10-15-7-5-6-8-15/h12-14H,4-11H2,1-3H3. The number of nitrogens with zero attached hydrogens (tertiary/aromatic N) is 1. The smallest absolute Gasteiger partial charge is 0.151 e. The van der Waals surface area contributed by atoms with Gasteiger partial charge in [-0.05, 0) is 45.3 Å². The van der Waals surface area contributed by atoms with Crippen molar-refractivity contribution in [1.29, 1.82) is 0 Å². The van der Waals surface area contributed by atoms with Gasteiger partial charge >= 0.3 is 0 Å². The Morgan fingerprint density at radius 2 is 1.83 bits per heavy atom. The molecule has 4 nitrogen and oxygen atoms in total. The molecule has 1 rings (SSSR count). The molecule has 1 fully saturated rings. The lowest BCUT2D eigenvalue weighted by Crippen LogP contribution is -2.39. The van der Waals surface area contributed by atoms with Crippen molar-refractivity contribution in [3.8, 4) is 0 Å². The van der Waals surface area contributed by atoms with E-state index in [0.717, 1.165) is 13.1 Å².